The van der Waals surface area contributed by atoms with Gasteiger partial charge >= 0.3 is 5.97 Å². The van der Waals surface area contributed by atoms with Crippen molar-refractivity contribution in [2.45, 2.75) is 37.1 Å². The lowest BCUT2D eigenvalue weighted by atomic mass is 10.2. The van der Waals surface area contributed by atoms with Crippen LogP contribution in [-0.2, 0) is 23.0 Å². The molecule has 0 atom stereocenters. The van der Waals surface area contributed by atoms with E-state index in [0.717, 1.165) is 42.7 Å². The van der Waals surface area contributed by atoms with Crippen molar-refractivity contribution in [3.63, 3.8) is 0 Å². The summed E-state index contributed by atoms with van der Waals surface area (Å²) in [6, 6.07) is 10.5. The second kappa shape index (κ2) is 6.70. The minimum absolute atomic E-state index is 0.00761. The number of carboxylic acids is 1. The maximum absolute atomic E-state index is 12.6. The summed E-state index contributed by atoms with van der Waals surface area (Å²) in [4.78, 5) is 15.6. The molecular formula is C19H19N3O4S. The summed E-state index contributed by atoms with van der Waals surface area (Å²) in [6.45, 7) is 0.937. The molecule has 0 spiro atoms. The van der Waals surface area contributed by atoms with Crippen molar-refractivity contribution in [3.05, 3.63) is 53.9 Å². The van der Waals surface area contributed by atoms with Gasteiger partial charge in [-0.1, -0.05) is 6.42 Å². The van der Waals surface area contributed by atoms with E-state index in [4.69, 9.17) is 5.11 Å². The van der Waals surface area contributed by atoms with E-state index < -0.39 is 16.0 Å². The molecule has 1 aromatic heterocycles. The van der Waals surface area contributed by atoms with Crippen LogP contribution in [0, 0.1) is 0 Å². The van der Waals surface area contributed by atoms with E-state index in [0.29, 0.717) is 5.69 Å². The third-order valence-electron chi connectivity index (χ3n) is 4.77. The van der Waals surface area contributed by atoms with E-state index >= 15 is 0 Å². The molecule has 2 N–H and O–H groups in total. The molecule has 0 saturated carbocycles. The van der Waals surface area contributed by atoms with E-state index in [-0.39, 0.29) is 10.5 Å². The van der Waals surface area contributed by atoms with Crippen LogP contribution in [-0.4, -0.2) is 29.0 Å². The Hall–Kier alpha value is -2.87. The Labute approximate surface area is 156 Å². The van der Waals surface area contributed by atoms with E-state index in [1.165, 1.54) is 30.7 Å². The summed E-state index contributed by atoms with van der Waals surface area (Å²) >= 11 is 0. The Balaban J connectivity index is 1.63. The van der Waals surface area contributed by atoms with Crippen molar-refractivity contribution in [2.24, 2.45) is 0 Å². The van der Waals surface area contributed by atoms with E-state index in [1.807, 2.05) is 6.07 Å². The second-order valence-electron chi connectivity index (χ2n) is 6.63. The molecule has 2 heterocycles. The van der Waals surface area contributed by atoms with Gasteiger partial charge in [0.25, 0.3) is 10.0 Å². The minimum Gasteiger partial charge on any atom is -0.478 e. The van der Waals surface area contributed by atoms with E-state index in [2.05, 4.69) is 14.3 Å². The normalized spacial score (nSPS) is 14.5. The van der Waals surface area contributed by atoms with Crippen LogP contribution in [0.2, 0.25) is 0 Å². The number of rotatable bonds is 4. The number of carbonyl (C=O) groups is 1. The summed E-state index contributed by atoms with van der Waals surface area (Å²) in [5.41, 5.74) is 2.25. The maximum atomic E-state index is 12.6. The highest BCUT2D eigenvalue weighted by atomic mass is 32.2. The molecule has 0 saturated heterocycles. The standard InChI is InChI=1S/C19H19N3O4S/c23-19(24)13-5-8-15(9-6-13)27(25,26)21-14-7-10-17-16(12-14)20-18-4-2-1-3-11-22(17)18/h5-10,12,21H,1-4,11H2,(H,23,24). The summed E-state index contributed by atoms with van der Waals surface area (Å²) < 4.78 is 29.9. The number of hydrogen-bond acceptors (Lipinski definition) is 4. The highest BCUT2D eigenvalue weighted by Crippen LogP contribution is 2.25. The average molecular weight is 385 g/mol. The van der Waals surface area contributed by atoms with Crippen LogP contribution in [0.3, 0.4) is 0 Å². The van der Waals surface area contributed by atoms with Crippen molar-refractivity contribution < 1.29 is 18.3 Å². The highest BCUT2D eigenvalue weighted by molar-refractivity contribution is 7.92. The number of nitrogens with zero attached hydrogens (tertiary/aromatic N) is 2. The first-order valence-corrected chi connectivity index (χ1v) is 10.3. The molecule has 0 radical (unpaired) electrons. The Kier molecular flexibility index (Phi) is 4.35. The Morgan fingerprint density at radius 3 is 2.59 bits per heavy atom. The number of aromatic carboxylic acids is 1. The maximum Gasteiger partial charge on any atom is 0.335 e. The predicted octanol–water partition coefficient (Wildman–Crippen LogP) is 3.26. The molecule has 1 aliphatic heterocycles. The number of aromatic nitrogens is 2. The molecule has 0 aliphatic carbocycles. The average Bonchev–Trinajstić information content (AvgIpc) is 2.81. The molecule has 8 heteroatoms. The van der Waals surface area contributed by atoms with Crippen LogP contribution in [0.4, 0.5) is 5.69 Å². The molecule has 0 unspecified atom stereocenters. The van der Waals surface area contributed by atoms with Crippen LogP contribution in [0.1, 0.15) is 35.4 Å². The Bertz CT molecular complexity index is 1120. The number of nitrogens with one attached hydrogen (secondary N) is 1. The topological polar surface area (TPSA) is 101 Å². The molecule has 4 rings (SSSR count). The van der Waals surface area contributed by atoms with Gasteiger partial charge in [0, 0.05) is 13.0 Å². The second-order valence-corrected chi connectivity index (χ2v) is 8.31. The zero-order valence-corrected chi connectivity index (χ0v) is 15.4. The summed E-state index contributed by atoms with van der Waals surface area (Å²) in [5, 5.41) is 8.93. The monoisotopic (exact) mass is 385 g/mol. The lowest BCUT2D eigenvalue weighted by Gasteiger charge is -2.09. The lowest BCUT2D eigenvalue weighted by molar-refractivity contribution is 0.0696. The van der Waals surface area contributed by atoms with Crippen molar-refractivity contribution in [1.29, 1.82) is 0 Å². The van der Waals surface area contributed by atoms with Gasteiger partial charge in [0.15, 0.2) is 0 Å². The number of anilines is 1. The molecule has 7 nitrogen and oxygen atoms in total. The number of imidazole rings is 1. The van der Waals surface area contributed by atoms with Gasteiger partial charge in [-0.2, -0.15) is 0 Å². The molecule has 0 bridgehead atoms. The number of sulfonamides is 1. The Morgan fingerprint density at radius 2 is 1.85 bits per heavy atom. The van der Waals surface area contributed by atoms with Gasteiger partial charge < -0.3 is 9.67 Å². The molecule has 0 amide bonds. The number of benzene rings is 2. The predicted molar refractivity (Wildman–Crippen MR) is 101 cm³/mol. The van der Waals surface area contributed by atoms with Crippen LogP contribution < -0.4 is 4.72 Å². The smallest absolute Gasteiger partial charge is 0.335 e. The zero-order chi connectivity index (χ0) is 19.0. The first kappa shape index (κ1) is 17.5. The van der Waals surface area contributed by atoms with Gasteiger partial charge in [-0.05, 0) is 55.3 Å². The van der Waals surface area contributed by atoms with Crippen LogP contribution in [0.15, 0.2) is 47.4 Å². The van der Waals surface area contributed by atoms with Gasteiger partial charge in [-0.3, -0.25) is 4.72 Å². The van der Waals surface area contributed by atoms with Crippen LogP contribution in [0.5, 0.6) is 0 Å². The third kappa shape index (κ3) is 3.40. The van der Waals surface area contributed by atoms with Crippen molar-refractivity contribution in [2.75, 3.05) is 4.72 Å². The summed E-state index contributed by atoms with van der Waals surface area (Å²) in [6.07, 6.45) is 4.38. The van der Waals surface area contributed by atoms with Gasteiger partial charge in [0.2, 0.25) is 0 Å². The van der Waals surface area contributed by atoms with Gasteiger partial charge in [-0.15, -0.1) is 0 Å². The fourth-order valence-corrected chi connectivity index (χ4v) is 4.45. The van der Waals surface area contributed by atoms with Gasteiger partial charge in [-0.25, -0.2) is 18.2 Å². The van der Waals surface area contributed by atoms with Crippen LogP contribution in [0.25, 0.3) is 11.0 Å². The highest BCUT2D eigenvalue weighted by Gasteiger charge is 2.17. The summed E-state index contributed by atoms with van der Waals surface area (Å²) in [5.74, 6) is -0.0522. The van der Waals surface area contributed by atoms with E-state index in [1.54, 1.807) is 12.1 Å². The molecule has 140 valence electrons. The largest absolute Gasteiger partial charge is 0.478 e. The van der Waals surface area contributed by atoms with Crippen LogP contribution >= 0.6 is 0 Å². The molecule has 1 aliphatic rings. The first-order valence-electron chi connectivity index (χ1n) is 8.79. The molecule has 0 fully saturated rings. The number of aryl methyl sites for hydroxylation is 2. The van der Waals surface area contributed by atoms with Gasteiger partial charge in [0.05, 0.1) is 27.2 Å². The quantitative estimate of drug-likeness (QED) is 0.718. The number of fused-ring (bicyclic) bond motifs is 3. The van der Waals surface area contributed by atoms with Crippen molar-refractivity contribution in [3.8, 4) is 0 Å². The summed E-state index contributed by atoms with van der Waals surface area (Å²) in [7, 11) is -3.81. The minimum atomic E-state index is -3.81. The van der Waals surface area contributed by atoms with E-state index in [9.17, 15) is 13.2 Å². The Morgan fingerprint density at radius 1 is 1.07 bits per heavy atom. The fourth-order valence-electron chi connectivity index (χ4n) is 3.40. The first-order chi connectivity index (χ1) is 12.9. The molecule has 2 aromatic carbocycles. The molecule has 27 heavy (non-hydrogen) atoms. The SMILES string of the molecule is O=C(O)c1ccc(S(=O)(=O)Nc2ccc3c(c2)nc2n3CCCCC2)cc1. The van der Waals surface area contributed by atoms with Crippen molar-refractivity contribution >= 4 is 32.7 Å². The molecular weight excluding hydrogens is 366 g/mol. The third-order valence-corrected chi connectivity index (χ3v) is 6.17. The fraction of sp³-hybridized carbons (Fsp3) is 0.263. The van der Waals surface area contributed by atoms with Crippen molar-refractivity contribution in [1.82, 2.24) is 9.55 Å². The molecule has 3 aromatic rings. The zero-order valence-electron chi connectivity index (χ0n) is 14.6. The number of hydrogen-bond donors (Lipinski definition) is 2. The lowest BCUT2D eigenvalue weighted by Crippen LogP contribution is -2.13. The van der Waals surface area contributed by atoms with Gasteiger partial charge in [0.1, 0.15) is 5.82 Å². The number of carboxylic acid groups (broad SMARTS) is 1.